The zero-order valence-corrected chi connectivity index (χ0v) is 12.8. The van der Waals surface area contributed by atoms with E-state index in [9.17, 15) is 5.26 Å². The van der Waals surface area contributed by atoms with Gasteiger partial charge in [0.05, 0.1) is 6.07 Å². The molecule has 3 heteroatoms. The molecule has 1 fully saturated rings. The average molecular weight is 271 g/mol. The summed E-state index contributed by atoms with van der Waals surface area (Å²) >= 11 is 0. The molecule has 108 valence electrons. The van der Waals surface area contributed by atoms with E-state index in [4.69, 9.17) is 0 Å². The number of aryl methyl sites for hydroxylation is 1. The van der Waals surface area contributed by atoms with Crippen molar-refractivity contribution in [2.24, 2.45) is 5.92 Å². The molecule has 3 nitrogen and oxygen atoms in total. The highest BCUT2D eigenvalue weighted by atomic mass is 15.2. The minimum absolute atomic E-state index is 0.393. The summed E-state index contributed by atoms with van der Waals surface area (Å²) in [5.74, 6) is 0.506. The van der Waals surface area contributed by atoms with E-state index in [1.54, 1.807) is 0 Å². The third kappa shape index (κ3) is 3.13. The molecule has 0 amide bonds. The lowest BCUT2D eigenvalue weighted by Gasteiger charge is -2.35. The third-order valence-corrected chi connectivity index (χ3v) is 4.19. The second-order valence-electron chi connectivity index (χ2n) is 5.74. The highest BCUT2D eigenvalue weighted by Gasteiger charge is 2.46. The highest BCUT2D eigenvalue weighted by molar-refractivity contribution is 5.48. The van der Waals surface area contributed by atoms with Crippen LogP contribution in [0.5, 0.6) is 0 Å². The molecular formula is C17H25N3. The number of likely N-dealkylation sites (N-methyl/N-ethyl adjacent to an activating group) is 2. The van der Waals surface area contributed by atoms with Gasteiger partial charge in [0.2, 0.25) is 0 Å². The van der Waals surface area contributed by atoms with E-state index in [1.165, 1.54) is 24.1 Å². The summed E-state index contributed by atoms with van der Waals surface area (Å²) in [6.45, 7) is 8.86. The van der Waals surface area contributed by atoms with Crippen LogP contribution in [0.25, 0.3) is 0 Å². The summed E-state index contributed by atoms with van der Waals surface area (Å²) in [5, 5.41) is 13.2. The number of rotatable bonds is 7. The number of benzene rings is 1. The minimum Gasteiger partial charge on any atom is -0.369 e. The minimum atomic E-state index is -0.393. The summed E-state index contributed by atoms with van der Waals surface area (Å²) in [5.41, 5.74) is 2.08. The Morgan fingerprint density at radius 1 is 1.30 bits per heavy atom. The average Bonchev–Trinajstić information content (AvgIpc) is 3.30. The largest absolute Gasteiger partial charge is 0.369 e. The Hall–Kier alpha value is -1.53. The van der Waals surface area contributed by atoms with Crippen LogP contribution in [0.3, 0.4) is 0 Å². The Morgan fingerprint density at radius 3 is 2.40 bits per heavy atom. The number of nitrogens with zero attached hydrogens (tertiary/aromatic N) is 2. The first kappa shape index (κ1) is 14.9. The normalized spacial score (nSPS) is 17.3. The zero-order valence-electron chi connectivity index (χ0n) is 12.8. The van der Waals surface area contributed by atoms with Gasteiger partial charge >= 0.3 is 0 Å². The molecule has 0 spiro atoms. The van der Waals surface area contributed by atoms with Crippen molar-refractivity contribution in [3.8, 4) is 6.07 Å². The Morgan fingerprint density at radius 2 is 1.95 bits per heavy atom. The van der Waals surface area contributed by atoms with E-state index < -0.39 is 5.54 Å². The second kappa shape index (κ2) is 6.28. The second-order valence-corrected chi connectivity index (χ2v) is 5.74. The maximum absolute atomic E-state index is 9.71. The molecule has 2 rings (SSSR count). The van der Waals surface area contributed by atoms with Gasteiger partial charge in [0.1, 0.15) is 5.54 Å². The summed E-state index contributed by atoms with van der Waals surface area (Å²) in [6.07, 6.45) is 2.35. The van der Waals surface area contributed by atoms with E-state index in [1.807, 2.05) is 0 Å². The van der Waals surface area contributed by atoms with Crippen LogP contribution in [0.15, 0.2) is 24.3 Å². The van der Waals surface area contributed by atoms with Crippen LogP contribution in [-0.2, 0) is 0 Å². The van der Waals surface area contributed by atoms with Gasteiger partial charge in [-0.3, -0.25) is 5.32 Å². The Balaban J connectivity index is 2.18. The standard InChI is InChI=1S/C17H25N3/c1-4-19-17(12-18,15-8-9-15)13-20(5-2)16-10-6-14(3)7-11-16/h6-7,10-11,15,19H,4-5,8-9,13H2,1-3H3. The number of hydrogen-bond donors (Lipinski definition) is 1. The first-order chi connectivity index (χ1) is 9.65. The van der Waals surface area contributed by atoms with Gasteiger partial charge in [-0.05, 0) is 51.3 Å². The van der Waals surface area contributed by atoms with Crippen molar-refractivity contribution in [3.05, 3.63) is 29.8 Å². The Labute approximate surface area is 122 Å². The molecule has 1 atom stereocenters. The molecule has 0 heterocycles. The molecule has 0 saturated heterocycles. The SMILES string of the molecule is CCNC(C#N)(CN(CC)c1ccc(C)cc1)C1CC1. The summed E-state index contributed by atoms with van der Waals surface area (Å²) < 4.78 is 0. The molecule has 1 unspecified atom stereocenters. The van der Waals surface area contributed by atoms with Gasteiger partial charge in [0.25, 0.3) is 0 Å². The van der Waals surface area contributed by atoms with Gasteiger partial charge in [0.15, 0.2) is 0 Å². The Bertz CT molecular complexity index is 470. The summed E-state index contributed by atoms with van der Waals surface area (Å²) in [6, 6.07) is 11.1. The fourth-order valence-electron chi connectivity index (χ4n) is 2.83. The van der Waals surface area contributed by atoms with E-state index in [2.05, 4.69) is 61.3 Å². The van der Waals surface area contributed by atoms with Gasteiger partial charge in [0, 0.05) is 18.8 Å². The van der Waals surface area contributed by atoms with Crippen molar-refractivity contribution in [1.82, 2.24) is 5.32 Å². The van der Waals surface area contributed by atoms with Crippen molar-refractivity contribution >= 4 is 5.69 Å². The van der Waals surface area contributed by atoms with Crippen LogP contribution in [-0.4, -0.2) is 25.2 Å². The predicted molar refractivity (Wildman–Crippen MR) is 83.8 cm³/mol. The van der Waals surface area contributed by atoms with Crippen molar-refractivity contribution in [3.63, 3.8) is 0 Å². The smallest absolute Gasteiger partial charge is 0.127 e. The van der Waals surface area contributed by atoms with Crippen molar-refractivity contribution < 1.29 is 0 Å². The van der Waals surface area contributed by atoms with Crippen LogP contribution in [0.1, 0.15) is 32.3 Å². The van der Waals surface area contributed by atoms with Crippen LogP contribution in [0, 0.1) is 24.2 Å². The van der Waals surface area contributed by atoms with Gasteiger partial charge < -0.3 is 4.90 Å². The van der Waals surface area contributed by atoms with Crippen LogP contribution in [0.4, 0.5) is 5.69 Å². The maximum atomic E-state index is 9.71. The highest BCUT2D eigenvalue weighted by Crippen LogP contribution is 2.40. The molecule has 1 aliphatic rings. The lowest BCUT2D eigenvalue weighted by atomic mass is 9.93. The molecule has 1 saturated carbocycles. The molecule has 0 aliphatic heterocycles. The van der Waals surface area contributed by atoms with Crippen molar-refractivity contribution in [1.29, 1.82) is 5.26 Å². The fourth-order valence-corrected chi connectivity index (χ4v) is 2.83. The molecule has 1 aromatic carbocycles. The maximum Gasteiger partial charge on any atom is 0.127 e. The molecule has 0 aromatic heterocycles. The molecule has 1 aromatic rings. The fraction of sp³-hybridized carbons (Fsp3) is 0.588. The van der Waals surface area contributed by atoms with E-state index >= 15 is 0 Å². The van der Waals surface area contributed by atoms with Crippen LogP contribution >= 0.6 is 0 Å². The van der Waals surface area contributed by atoms with Gasteiger partial charge in [-0.25, -0.2) is 0 Å². The Kier molecular flexibility index (Phi) is 4.67. The molecule has 20 heavy (non-hydrogen) atoms. The van der Waals surface area contributed by atoms with E-state index in [0.29, 0.717) is 5.92 Å². The topological polar surface area (TPSA) is 39.1 Å². The predicted octanol–water partition coefficient (Wildman–Crippen LogP) is 3.10. The monoisotopic (exact) mass is 271 g/mol. The van der Waals surface area contributed by atoms with Crippen molar-refractivity contribution in [2.75, 3.05) is 24.5 Å². The zero-order chi connectivity index (χ0) is 14.6. The third-order valence-electron chi connectivity index (χ3n) is 4.19. The summed E-state index contributed by atoms with van der Waals surface area (Å²) in [7, 11) is 0. The molecule has 1 N–H and O–H groups in total. The van der Waals surface area contributed by atoms with Crippen LogP contribution in [0.2, 0.25) is 0 Å². The van der Waals surface area contributed by atoms with Gasteiger partial charge in [-0.1, -0.05) is 24.6 Å². The molecule has 1 aliphatic carbocycles. The van der Waals surface area contributed by atoms with E-state index in [0.717, 1.165) is 19.6 Å². The van der Waals surface area contributed by atoms with Gasteiger partial charge in [-0.2, -0.15) is 5.26 Å². The number of nitrogens with one attached hydrogen (secondary N) is 1. The van der Waals surface area contributed by atoms with Crippen molar-refractivity contribution in [2.45, 2.75) is 39.2 Å². The molecular weight excluding hydrogens is 246 g/mol. The molecule has 0 bridgehead atoms. The number of nitriles is 1. The molecule has 0 radical (unpaired) electrons. The quantitative estimate of drug-likeness (QED) is 0.828. The first-order valence-corrected chi connectivity index (χ1v) is 7.63. The lowest BCUT2D eigenvalue weighted by molar-refractivity contribution is 0.373. The number of anilines is 1. The van der Waals surface area contributed by atoms with Gasteiger partial charge in [-0.15, -0.1) is 0 Å². The van der Waals surface area contributed by atoms with Crippen LogP contribution < -0.4 is 10.2 Å². The first-order valence-electron chi connectivity index (χ1n) is 7.63. The lowest BCUT2D eigenvalue weighted by Crippen LogP contribution is -2.54. The summed E-state index contributed by atoms with van der Waals surface area (Å²) in [4.78, 5) is 2.31. The van der Waals surface area contributed by atoms with E-state index in [-0.39, 0.29) is 0 Å². The number of hydrogen-bond acceptors (Lipinski definition) is 3.